The summed E-state index contributed by atoms with van der Waals surface area (Å²) < 4.78 is 5.65. The number of alkyl carbamates (subject to hydrolysis) is 1. The van der Waals surface area contributed by atoms with E-state index in [1.165, 1.54) is 0 Å². The molecule has 0 bridgehead atoms. The van der Waals surface area contributed by atoms with Crippen LogP contribution in [0.2, 0.25) is 0 Å². The molecule has 0 heterocycles. The van der Waals surface area contributed by atoms with Crippen molar-refractivity contribution >= 4 is 18.0 Å². The lowest BCUT2D eigenvalue weighted by atomic mass is 9.73. The molecule has 0 saturated heterocycles. The fraction of sp³-hybridized carbons (Fsp3) is 0.464. The Morgan fingerprint density at radius 2 is 1.37 bits per heavy atom. The van der Waals surface area contributed by atoms with Crippen molar-refractivity contribution in [1.82, 2.24) is 10.6 Å². The molecular formula is C28H36N2O5. The molecule has 0 saturated carbocycles. The fourth-order valence-electron chi connectivity index (χ4n) is 4.29. The first-order chi connectivity index (χ1) is 16.2. The number of fused-ring (bicyclic) bond motifs is 3. The van der Waals surface area contributed by atoms with Crippen LogP contribution in [-0.2, 0) is 14.3 Å². The van der Waals surface area contributed by atoms with Gasteiger partial charge in [-0.25, -0.2) is 9.59 Å². The number of carbonyl (C=O) groups excluding carboxylic acids is 2. The quantitative estimate of drug-likeness (QED) is 0.520. The molecule has 1 unspecified atom stereocenters. The summed E-state index contributed by atoms with van der Waals surface area (Å²) in [5.41, 5.74) is 1.67. The highest BCUT2D eigenvalue weighted by molar-refractivity contribution is 5.89. The molecule has 7 heteroatoms. The standard InChI is InChI=1S/C28H36N2O5/c1-26(2,3)22(23(31)32)29-24(33)27(4,5)28(6,7)30-25(34)35-16-21-19-14-10-8-12-17(19)18-13-9-11-15-20(18)21/h8-15,21-22H,16H2,1-7H3,(H,29,33)(H,30,34)(H,31,32). The van der Waals surface area contributed by atoms with Crippen molar-refractivity contribution in [2.24, 2.45) is 10.8 Å². The maximum Gasteiger partial charge on any atom is 0.407 e. The number of amides is 2. The van der Waals surface area contributed by atoms with Gasteiger partial charge in [0.15, 0.2) is 0 Å². The van der Waals surface area contributed by atoms with Crippen molar-refractivity contribution in [3.8, 4) is 11.1 Å². The second kappa shape index (κ2) is 9.36. The van der Waals surface area contributed by atoms with E-state index < -0.39 is 40.4 Å². The Balaban J connectivity index is 1.69. The molecule has 7 nitrogen and oxygen atoms in total. The van der Waals surface area contributed by atoms with Gasteiger partial charge in [-0.15, -0.1) is 0 Å². The Hall–Kier alpha value is -3.35. The number of aliphatic carboxylic acids is 1. The van der Waals surface area contributed by atoms with Gasteiger partial charge in [0.2, 0.25) is 5.91 Å². The molecule has 1 aliphatic carbocycles. The van der Waals surface area contributed by atoms with Gasteiger partial charge in [0, 0.05) is 5.92 Å². The Bertz CT molecular complexity index is 1080. The maximum absolute atomic E-state index is 13.1. The van der Waals surface area contributed by atoms with Gasteiger partial charge < -0.3 is 20.5 Å². The molecule has 0 fully saturated rings. The number of carboxylic acid groups (broad SMARTS) is 1. The number of ether oxygens (including phenoxy) is 1. The SMILES string of the molecule is CC(C)(C)C(NC(=O)C(C)(C)C(C)(C)NC(=O)OCC1c2ccccc2-c2ccccc21)C(=O)O. The highest BCUT2D eigenvalue weighted by Crippen LogP contribution is 2.44. The van der Waals surface area contributed by atoms with E-state index in [0.717, 1.165) is 22.3 Å². The fourth-order valence-corrected chi connectivity index (χ4v) is 4.29. The highest BCUT2D eigenvalue weighted by Gasteiger charge is 2.47. The van der Waals surface area contributed by atoms with Crippen molar-refractivity contribution in [1.29, 1.82) is 0 Å². The minimum atomic E-state index is -1.13. The zero-order valence-corrected chi connectivity index (χ0v) is 21.6. The Morgan fingerprint density at radius 3 is 1.83 bits per heavy atom. The minimum absolute atomic E-state index is 0.0734. The first kappa shape index (κ1) is 26.3. The summed E-state index contributed by atoms with van der Waals surface area (Å²) >= 11 is 0. The number of rotatable bonds is 7. The predicted octanol–water partition coefficient (Wildman–Crippen LogP) is 4.95. The number of carbonyl (C=O) groups is 3. The predicted molar refractivity (Wildman–Crippen MR) is 135 cm³/mol. The van der Waals surface area contributed by atoms with Crippen LogP contribution in [0.1, 0.15) is 65.5 Å². The molecular weight excluding hydrogens is 444 g/mol. The van der Waals surface area contributed by atoms with E-state index in [1.807, 2.05) is 36.4 Å². The van der Waals surface area contributed by atoms with E-state index in [-0.39, 0.29) is 12.5 Å². The van der Waals surface area contributed by atoms with Crippen LogP contribution in [0.25, 0.3) is 11.1 Å². The Morgan fingerprint density at radius 1 is 0.886 bits per heavy atom. The molecule has 2 aromatic carbocycles. The average Bonchev–Trinajstić information content (AvgIpc) is 3.08. The molecule has 0 radical (unpaired) electrons. The lowest BCUT2D eigenvalue weighted by molar-refractivity contribution is -0.147. The van der Waals surface area contributed by atoms with E-state index in [0.29, 0.717) is 0 Å². The van der Waals surface area contributed by atoms with Crippen LogP contribution in [0.4, 0.5) is 4.79 Å². The summed E-state index contributed by atoms with van der Waals surface area (Å²) in [6.45, 7) is 12.2. The van der Waals surface area contributed by atoms with Gasteiger partial charge in [0.1, 0.15) is 12.6 Å². The van der Waals surface area contributed by atoms with Crippen LogP contribution >= 0.6 is 0 Å². The maximum atomic E-state index is 13.1. The molecule has 0 aliphatic heterocycles. The molecule has 2 amide bonds. The average molecular weight is 481 g/mol. The number of benzene rings is 2. The zero-order chi connectivity index (χ0) is 26.2. The van der Waals surface area contributed by atoms with Crippen LogP contribution < -0.4 is 10.6 Å². The third kappa shape index (κ3) is 5.19. The molecule has 3 N–H and O–H groups in total. The zero-order valence-electron chi connectivity index (χ0n) is 21.6. The monoisotopic (exact) mass is 480 g/mol. The minimum Gasteiger partial charge on any atom is -0.480 e. The highest BCUT2D eigenvalue weighted by atomic mass is 16.5. The topological polar surface area (TPSA) is 105 Å². The van der Waals surface area contributed by atoms with Gasteiger partial charge in [-0.2, -0.15) is 0 Å². The summed E-state index contributed by atoms with van der Waals surface area (Å²) in [4.78, 5) is 37.7. The Labute approximate surface area is 207 Å². The number of hydrogen-bond acceptors (Lipinski definition) is 4. The van der Waals surface area contributed by atoms with Gasteiger partial charge in [0.05, 0.1) is 11.0 Å². The van der Waals surface area contributed by atoms with Crippen molar-refractivity contribution in [3.05, 3.63) is 59.7 Å². The molecule has 2 aromatic rings. The van der Waals surface area contributed by atoms with Crippen molar-refractivity contribution in [3.63, 3.8) is 0 Å². The van der Waals surface area contributed by atoms with Crippen molar-refractivity contribution in [2.75, 3.05) is 6.61 Å². The number of hydrogen-bond donors (Lipinski definition) is 3. The molecule has 3 rings (SSSR count). The Kier molecular flexibility index (Phi) is 7.02. The molecule has 188 valence electrons. The third-order valence-corrected chi connectivity index (χ3v) is 7.28. The number of nitrogens with one attached hydrogen (secondary N) is 2. The van der Waals surface area contributed by atoms with Gasteiger partial charge in [-0.1, -0.05) is 69.3 Å². The lowest BCUT2D eigenvalue weighted by Gasteiger charge is -2.42. The normalized spacial score (nSPS) is 14.5. The second-order valence-corrected chi connectivity index (χ2v) is 11.3. The first-order valence-corrected chi connectivity index (χ1v) is 11.8. The van der Waals surface area contributed by atoms with E-state index in [9.17, 15) is 19.5 Å². The van der Waals surface area contributed by atoms with E-state index in [4.69, 9.17) is 4.74 Å². The molecule has 1 atom stereocenters. The van der Waals surface area contributed by atoms with Crippen LogP contribution in [-0.4, -0.2) is 41.3 Å². The molecule has 1 aliphatic rings. The summed E-state index contributed by atoms with van der Waals surface area (Å²) in [6, 6.07) is 15.1. The number of carboxylic acids is 1. The van der Waals surface area contributed by atoms with Gasteiger partial charge in [0.25, 0.3) is 0 Å². The molecule has 35 heavy (non-hydrogen) atoms. The lowest BCUT2D eigenvalue weighted by Crippen LogP contribution is -2.62. The van der Waals surface area contributed by atoms with Crippen LogP contribution in [0, 0.1) is 10.8 Å². The smallest absolute Gasteiger partial charge is 0.407 e. The van der Waals surface area contributed by atoms with Crippen molar-refractivity contribution in [2.45, 2.75) is 66.0 Å². The third-order valence-electron chi connectivity index (χ3n) is 7.28. The van der Waals surface area contributed by atoms with Crippen LogP contribution in [0.3, 0.4) is 0 Å². The summed E-state index contributed by atoms with van der Waals surface area (Å²) in [5, 5.41) is 15.0. The second-order valence-electron chi connectivity index (χ2n) is 11.3. The summed E-state index contributed by atoms with van der Waals surface area (Å²) in [6.07, 6.45) is -0.636. The van der Waals surface area contributed by atoms with E-state index in [1.54, 1.807) is 48.5 Å². The van der Waals surface area contributed by atoms with Gasteiger partial charge >= 0.3 is 12.1 Å². The van der Waals surface area contributed by atoms with Gasteiger partial charge in [-0.3, -0.25) is 4.79 Å². The van der Waals surface area contributed by atoms with Gasteiger partial charge in [-0.05, 0) is 55.4 Å². The van der Waals surface area contributed by atoms with Crippen LogP contribution in [0.5, 0.6) is 0 Å². The first-order valence-electron chi connectivity index (χ1n) is 11.8. The van der Waals surface area contributed by atoms with E-state index in [2.05, 4.69) is 22.8 Å². The molecule has 0 spiro atoms. The van der Waals surface area contributed by atoms with Crippen molar-refractivity contribution < 1.29 is 24.2 Å². The summed E-state index contributed by atoms with van der Waals surface area (Å²) in [5.74, 6) is -1.65. The summed E-state index contributed by atoms with van der Waals surface area (Å²) in [7, 11) is 0. The van der Waals surface area contributed by atoms with E-state index >= 15 is 0 Å². The largest absolute Gasteiger partial charge is 0.480 e. The van der Waals surface area contributed by atoms with Crippen LogP contribution in [0.15, 0.2) is 48.5 Å². The molecule has 0 aromatic heterocycles.